The van der Waals surface area contributed by atoms with Crippen LogP contribution in [0.3, 0.4) is 0 Å². The molecule has 1 aliphatic rings. The summed E-state index contributed by atoms with van der Waals surface area (Å²) in [6.07, 6.45) is 1.88. The normalized spacial score (nSPS) is 15.0. The Morgan fingerprint density at radius 1 is 1.00 bits per heavy atom. The molecule has 4 aromatic rings. The van der Waals surface area contributed by atoms with Crippen LogP contribution in [0, 0.1) is 13.8 Å². The summed E-state index contributed by atoms with van der Waals surface area (Å²) in [5.41, 5.74) is 4.74. The molecule has 1 fully saturated rings. The average molecular weight is 485 g/mol. The molecule has 2 heterocycles. The number of thiocarbonyl (C=S) groups is 1. The highest BCUT2D eigenvalue weighted by molar-refractivity contribution is 8.27. The molecule has 34 heavy (non-hydrogen) atoms. The van der Waals surface area contributed by atoms with Crippen LogP contribution in [0.15, 0.2) is 77.7 Å². The number of carbonyl (C=O) groups is 2. The molecule has 1 amide bonds. The highest BCUT2D eigenvalue weighted by Crippen LogP contribution is 2.39. The van der Waals surface area contributed by atoms with E-state index in [1.807, 2.05) is 73.0 Å². The van der Waals surface area contributed by atoms with E-state index >= 15 is 0 Å². The molecule has 5 nitrogen and oxygen atoms in total. The van der Waals surface area contributed by atoms with E-state index in [2.05, 4.69) is 0 Å². The summed E-state index contributed by atoms with van der Waals surface area (Å²) in [6, 6.07) is 22.6. The fourth-order valence-electron chi connectivity index (χ4n) is 4.30. The predicted octanol–water partition coefficient (Wildman–Crippen LogP) is 6.35. The van der Waals surface area contributed by atoms with Crippen LogP contribution in [0.2, 0.25) is 0 Å². The molecule has 0 unspecified atom stereocenters. The molecule has 1 aliphatic heterocycles. The van der Waals surface area contributed by atoms with Crippen LogP contribution < -0.4 is 4.90 Å². The lowest BCUT2D eigenvalue weighted by molar-refractivity contribution is -0.113. The first-order valence-corrected chi connectivity index (χ1v) is 11.9. The molecule has 168 valence electrons. The van der Waals surface area contributed by atoms with Gasteiger partial charge >= 0.3 is 5.97 Å². The van der Waals surface area contributed by atoms with Crippen LogP contribution in [0.4, 0.5) is 5.69 Å². The maximum absolute atomic E-state index is 13.4. The topological polar surface area (TPSA) is 62.5 Å². The number of aromatic carboxylic acids is 1. The van der Waals surface area contributed by atoms with E-state index < -0.39 is 5.97 Å². The first kappa shape index (κ1) is 22.1. The quantitative estimate of drug-likeness (QED) is 0.270. The summed E-state index contributed by atoms with van der Waals surface area (Å²) in [5.74, 6) is -1.09. The number of carbonyl (C=O) groups excluding carboxylic acids is 1. The second-order valence-electron chi connectivity index (χ2n) is 8.03. The fourth-order valence-corrected chi connectivity index (χ4v) is 5.58. The summed E-state index contributed by atoms with van der Waals surface area (Å²) in [5, 5.41) is 11.2. The summed E-state index contributed by atoms with van der Waals surface area (Å²) in [7, 11) is 0. The number of amides is 1. The van der Waals surface area contributed by atoms with Crippen LogP contribution in [-0.4, -0.2) is 25.9 Å². The number of benzene rings is 3. The van der Waals surface area contributed by atoms with E-state index in [1.54, 1.807) is 29.2 Å². The molecule has 0 bridgehead atoms. The first-order valence-electron chi connectivity index (χ1n) is 10.6. The van der Waals surface area contributed by atoms with Gasteiger partial charge in [0.25, 0.3) is 5.91 Å². The number of thioether (sulfide) groups is 1. The number of carboxylic acids is 1. The van der Waals surface area contributed by atoms with Gasteiger partial charge in [-0.25, -0.2) is 4.79 Å². The SMILES string of the molecule is Cc1cc(/C=C2\SC(=S)N(c3cccc4ccccc34)C2=O)c(C)n1-c1ccc(C(=O)O)cc1. The molecule has 1 N–H and O–H groups in total. The fraction of sp³-hybridized carbons (Fsp3) is 0.0741. The van der Waals surface area contributed by atoms with Crippen molar-refractivity contribution < 1.29 is 14.7 Å². The van der Waals surface area contributed by atoms with Gasteiger partial charge < -0.3 is 9.67 Å². The Bertz CT molecular complexity index is 1510. The number of rotatable bonds is 4. The summed E-state index contributed by atoms with van der Waals surface area (Å²) in [6.45, 7) is 3.96. The molecule has 1 saturated heterocycles. The number of nitrogens with zero attached hydrogens (tertiary/aromatic N) is 2. The lowest BCUT2D eigenvalue weighted by Gasteiger charge is -2.17. The maximum atomic E-state index is 13.4. The smallest absolute Gasteiger partial charge is 0.335 e. The lowest BCUT2D eigenvalue weighted by atomic mass is 10.1. The minimum absolute atomic E-state index is 0.137. The minimum Gasteiger partial charge on any atom is -0.478 e. The van der Waals surface area contributed by atoms with Crippen molar-refractivity contribution in [3.05, 3.63) is 100 Å². The van der Waals surface area contributed by atoms with Gasteiger partial charge in [-0.05, 0) is 67.3 Å². The Balaban J connectivity index is 1.51. The van der Waals surface area contributed by atoms with Crippen LogP contribution >= 0.6 is 24.0 Å². The molecule has 3 aromatic carbocycles. The highest BCUT2D eigenvalue weighted by atomic mass is 32.2. The Labute approximate surface area is 206 Å². The Kier molecular flexibility index (Phi) is 5.59. The number of fused-ring (bicyclic) bond motifs is 1. The van der Waals surface area contributed by atoms with E-state index in [0.717, 1.165) is 39.1 Å². The number of hydrogen-bond donors (Lipinski definition) is 1. The van der Waals surface area contributed by atoms with Gasteiger partial charge in [-0.3, -0.25) is 9.69 Å². The Morgan fingerprint density at radius 2 is 1.71 bits per heavy atom. The molecular formula is C27H20N2O3S2. The largest absolute Gasteiger partial charge is 0.478 e. The van der Waals surface area contributed by atoms with Crippen LogP contribution in [0.5, 0.6) is 0 Å². The van der Waals surface area contributed by atoms with Crippen LogP contribution in [0.1, 0.15) is 27.3 Å². The van der Waals surface area contributed by atoms with E-state index in [0.29, 0.717) is 9.23 Å². The highest BCUT2D eigenvalue weighted by Gasteiger charge is 2.34. The van der Waals surface area contributed by atoms with E-state index in [4.69, 9.17) is 17.3 Å². The van der Waals surface area contributed by atoms with Crippen molar-refractivity contribution in [1.29, 1.82) is 0 Å². The van der Waals surface area contributed by atoms with Gasteiger partial charge in [0.1, 0.15) is 0 Å². The molecule has 0 aliphatic carbocycles. The minimum atomic E-state index is -0.957. The molecule has 5 rings (SSSR count). The summed E-state index contributed by atoms with van der Waals surface area (Å²) in [4.78, 5) is 26.8. The van der Waals surface area contributed by atoms with Gasteiger partial charge in [0, 0.05) is 22.5 Å². The third kappa shape index (κ3) is 3.73. The number of carboxylic acid groups (broad SMARTS) is 1. The zero-order valence-corrected chi connectivity index (χ0v) is 20.1. The lowest BCUT2D eigenvalue weighted by Crippen LogP contribution is -2.27. The van der Waals surface area contributed by atoms with E-state index in [1.165, 1.54) is 11.8 Å². The van der Waals surface area contributed by atoms with Crippen LogP contribution in [-0.2, 0) is 4.79 Å². The van der Waals surface area contributed by atoms with Crippen molar-refractivity contribution in [1.82, 2.24) is 4.57 Å². The standard InChI is InChI=1S/C27H20N2O3S2/c1-16-14-20(17(2)28(16)21-12-10-19(11-13-21)26(31)32)15-24-25(30)29(27(33)34-24)23-9-5-7-18-6-3-4-8-22(18)23/h3-15H,1-2H3,(H,31,32)/b24-15-. The molecule has 0 saturated carbocycles. The van der Waals surface area contributed by atoms with Crippen molar-refractivity contribution >= 4 is 62.7 Å². The monoisotopic (exact) mass is 484 g/mol. The summed E-state index contributed by atoms with van der Waals surface area (Å²) < 4.78 is 2.55. The third-order valence-electron chi connectivity index (χ3n) is 5.93. The van der Waals surface area contributed by atoms with Gasteiger partial charge in [0.2, 0.25) is 0 Å². The van der Waals surface area contributed by atoms with Gasteiger partial charge in [-0.1, -0.05) is 60.4 Å². The summed E-state index contributed by atoms with van der Waals surface area (Å²) >= 11 is 6.90. The zero-order valence-electron chi connectivity index (χ0n) is 18.5. The van der Waals surface area contributed by atoms with Gasteiger partial charge in [0.15, 0.2) is 4.32 Å². The number of anilines is 1. The number of aryl methyl sites for hydroxylation is 1. The number of hydrogen-bond acceptors (Lipinski definition) is 4. The second kappa shape index (κ2) is 8.59. The van der Waals surface area contributed by atoms with Crippen molar-refractivity contribution in [2.45, 2.75) is 13.8 Å². The molecule has 1 aromatic heterocycles. The number of aromatic nitrogens is 1. The Morgan fingerprint density at radius 3 is 2.44 bits per heavy atom. The Hall–Kier alpha value is -3.68. The van der Waals surface area contributed by atoms with Gasteiger partial charge in [-0.15, -0.1) is 0 Å². The third-order valence-corrected chi connectivity index (χ3v) is 7.23. The molecular weight excluding hydrogens is 464 g/mol. The van der Waals surface area contributed by atoms with E-state index in [9.17, 15) is 9.59 Å². The van der Waals surface area contributed by atoms with Crippen LogP contribution in [0.25, 0.3) is 22.5 Å². The van der Waals surface area contributed by atoms with Gasteiger partial charge in [-0.2, -0.15) is 0 Å². The van der Waals surface area contributed by atoms with Crippen molar-refractivity contribution in [3.63, 3.8) is 0 Å². The molecule has 7 heteroatoms. The molecule has 0 radical (unpaired) electrons. The molecule has 0 spiro atoms. The second-order valence-corrected chi connectivity index (χ2v) is 9.71. The van der Waals surface area contributed by atoms with Gasteiger partial charge in [0.05, 0.1) is 16.2 Å². The molecule has 0 atom stereocenters. The maximum Gasteiger partial charge on any atom is 0.335 e. The predicted molar refractivity (Wildman–Crippen MR) is 142 cm³/mol. The van der Waals surface area contributed by atoms with Crippen molar-refractivity contribution in [2.24, 2.45) is 0 Å². The first-order chi connectivity index (χ1) is 16.3. The average Bonchev–Trinajstić information content (AvgIpc) is 3.27. The van der Waals surface area contributed by atoms with Crippen molar-refractivity contribution in [2.75, 3.05) is 4.90 Å². The zero-order chi connectivity index (χ0) is 24.0. The van der Waals surface area contributed by atoms with E-state index in [-0.39, 0.29) is 11.5 Å². The van der Waals surface area contributed by atoms with Crippen molar-refractivity contribution in [3.8, 4) is 5.69 Å².